The van der Waals surface area contributed by atoms with Gasteiger partial charge in [0.1, 0.15) is 0 Å². The molecule has 0 aromatic heterocycles. The third-order valence-electron chi connectivity index (χ3n) is 1.40. The molecule has 8 heavy (non-hydrogen) atoms. The number of hydrogen-bond acceptors (Lipinski definition) is 1. The first-order valence-corrected chi connectivity index (χ1v) is 3.42. The quantitative estimate of drug-likeness (QED) is 0.594. The maximum absolute atomic E-state index is 8.46. The monoisotopic (exact) mass is 116 g/mol. The molecule has 0 aliphatic rings. The second-order valence-corrected chi connectivity index (χ2v) is 2.41. The minimum atomic E-state index is 0.348. The second-order valence-electron chi connectivity index (χ2n) is 2.41. The summed E-state index contributed by atoms with van der Waals surface area (Å²) in [6, 6.07) is 0. The molecule has 1 N–H and O–H groups in total. The van der Waals surface area contributed by atoms with Crippen molar-refractivity contribution in [3.63, 3.8) is 0 Å². The van der Waals surface area contributed by atoms with Gasteiger partial charge < -0.3 is 5.11 Å². The lowest BCUT2D eigenvalue weighted by Crippen LogP contribution is -1.96. The molecule has 0 rings (SSSR count). The first-order chi connectivity index (χ1) is 3.81. The van der Waals surface area contributed by atoms with E-state index in [0.717, 1.165) is 6.42 Å². The molecule has 0 unspecified atom stereocenters. The van der Waals surface area contributed by atoms with Crippen molar-refractivity contribution in [3.05, 3.63) is 0 Å². The fourth-order valence-corrected chi connectivity index (χ4v) is 0.858. The minimum absolute atomic E-state index is 0.348. The van der Waals surface area contributed by atoms with Crippen LogP contribution in [0.15, 0.2) is 0 Å². The first kappa shape index (κ1) is 7.96. The van der Waals surface area contributed by atoms with Gasteiger partial charge in [-0.1, -0.05) is 26.7 Å². The Morgan fingerprint density at radius 1 is 1.38 bits per heavy atom. The number of hydrogen-bond donors (Lipinski definition) is 1. The molecule has 0 bridgehead atoms. The van der Waals surface area contributed by atoms with Gasteiger partial charge in [0.05, 0.1) is 0 Å². The number of aliphatic hydroxyl groups is 1. The van der Waals surface area contributed by atoms with Gasteiger partial charge in [-0.3, -0.25) is 0 Å². The summed E-state index contributed by atoms with van der Waals surface area (Å²) in [6.45, 7) is 4.70. The van der Waals surface area contributed by atoms with Gasteiger partial charge in [-0.05, 0) is 12.3 Å². The third kappa shape index (κ3) is 4.13. The Morgan fingerprint density at radius 3 is 2.38 bits per heavy atom. The predicted octanol–water partition coefficient (Wildman–Crippen LogP) is 1.81. The van der Waals surface area contributed by atoms with Crippen LogP contribution in [0.5, 0.6) is 0 Å². The molecule has 1 heteroatoms. The zero-order chi connectivity index (χ0) is 6.41. The lowest BCUT2D eigenvalue weighted by Gasteiger charge is -2.05. The van der Waals surface area contributed by atoms with E-state index >= 15 is 0 Å². The van der Waals surface area contributed by atoms with Crippen LogP contribution in [0.1, 0.15) is 33.1 Å². The molecule has 0 aliphatic heterocycles. The lowest BCUT2D eigenvalue weighted by molar-refractivity contribution is 0.258. The van der Waals surface area contributed by atoms with Crippen LogP contribution in [0.25, 0.3) is 0 Å². The fourth-order valence-electron chi connectivity index (χ4n) is 0.858. The van der Waals surface area contributed by atoms with E-state index in [1.165, 1.54) is 12.8 Å². The zero-order valence-electron chi connectivity index (χ0n) is 5.85. The van der Waals surface area contributed by atoms with Gasteiger partial charge in [0.2, 0.25) is 0 Å². The van der Waals surface area contributed by atoms with E-state index in [1.54, 1.807) is 0 Å². The largest absolute Gasteiger partial charge is 0.396 e. The number of rotatable bonds is 4. The van der Waals surface area contributed by atoms with Crippen molar-refractivity contribution >= 4 is 0 Å². The summed E-state index contributed by atoms with van der Waals surface area (Å²) in [4.78, 5) is 0. The van der Waals surface area contributed by atoms with Crippen molar-refractivity contribution in [2.45, 2.75) is 33.1 Å². The molecule has 0 fully saturated rings. The molecule has 0 aromatic carbocycles. The molecule has 0 saturated heterocycles. The van der Waals surface area contributed by atoms with Crippen LogP contribution in [0.4, 0.5) is 0 Å². The average molecular weight is 116 g/mol. The van der Waals surface area contributed by atoms with Gasteiger partial charge in [-0.2, -0.15) is 0 Å². The highest BCUT2D eigenvalue weighted by molar-refractivity contribution is 4.49. The summed E-state index contributed by atoms with van der Waals surface area (Å²) in [6.07, 6.45) is 3.45. The Morgan fingerprint density at radius 2 is 2.00 bits per heavy atom. The molecule has 0 saturated carbocycles. The van der Waals surface area contributed by atoms with E-state index in [-0.39, 0.29) is 0 Å². The lowest BCUT2D eigenvalue weighted by atomic mass is 10.0. The molecule has 0 spiro atoms. The van der Waals surface area contributed by atoms with Crippen molar-refractivity contribution in [1.82, 2.24) is 0 Å². The summed E-state index contributed by atoms with van der Waals surface area (Å²) in [5.41, 5.74) is 0. The minimum Gasteiger partial charge on any atom is -0.396 e. The van der Waals surface area contributed by atoms with Crippen molar-refractivity contribution < 1.29 is 5.11 Å². The highest BCUT2D eigenvalue weighted by atomic mass is 16.2. The molecule has 0 amide bonds. The van der Waals surface area contributed by atoms with E-state index in [2.05, 4.69) is 13.8 Å². The molecular weight excluding hydrogens is 100 g/mol. The molecule has 0 aliphatic carbocycles. The van der Waals surface area contributed by atoms with E-state index in [0.29, 0.717) is 12.5 Å². The summed E-state index contributed by atoms with van der Waals surface area (Å²) < 4.78 is 0. The third-order valence-corrected chi connectivity index (χ3v) is 1.40. The van der Waals surface area contributed by atoms with Crippen LogP contribution in [-0.2, 0) is 0 Å². The van der Waals surface area contributed by atoms with E-state index in [9.17, 15) is 0 Å². The highest BCUT2D eigenvalue weighted by Gasteiger charge is 1.96. The van der Waals surface area contributed by atoms with Gasteiger partial charge in [0, 0.05) is 6.61 Å². The van der Waals surface area contributed by atoms with Crippen LogP contribution in [0.2, 0.25) is 0 Å². The molecular formula is C7H16O. The Bertz CT molecular complexity index is 37.7. The van der Waals surface area contributed by atoms with Gasteiger partial charge in [0.25, 0.3) is 0 Å². The highest BCUT2D eigenvalue weighted by Crippen LogP contribution is 2.07. The molecule has 50 valence electrons. The van der Waals surface area contributed by atoms with Gasteiger partial charge in [-0.15, -0.1) is 0 Å². The molecule has 0 aromatic rings. The van der Waals surface area contributed by atoms with Crippen molar-refractivity contribution in [2.24, 2.45) is 5.92 Å². The van der Waals surface area contributed by atoms with Gasteiger partial charge in [-0.25, -0.2) is 0 Å². The normalized spacial score (nSPS) is 13.9. The van der Waals surface area contributed by atoms with E-state index in [1.807, 2.05) is 0 Å². The number of aliphatic hydroxyl groups excluding tert-OH is 1. The van der Waals surface area contributed by atoms with Crippen LogP contribution in [0, 0.1) is 5.92 Å². The topological polar surface area (TPSA) is 20.2 Å². The van der Waals surface area contributed by atoms with Gasteiger partial charge in [0.15, 0.2) is 0 Å². The van der Waals surface area contributed by atoms with Crippen LogP contribution in [0.3, 0.4) is 0 Å². The summed E-state index contributed by atoms with van der Waals surface area (Å²) in [5.74, 6) is 0.713. The molecule has 1 atom stereocenters. The van der Waals surface area contributed by atoms with E-state index in [4.69, 9.17) is 5.11 Å². The summed E-state index contributed by atoms with van der Waals surface area (Å²) in [7, 11) is 0. The Kier molecular flexibility index (Phi) is 5.08. The zero-order valence-corrected chi connectivity index (χ0v) is 5.85. The maximum Gasteiger partial charge on any atom is 0.0433 e. The fraction of sp³-hybridized carbons (Fsp3) is 1.00. The predicted molar refractivity (Wildman–Crippen MR) is 35.8 cm³/mol. The standard InChI is InChI=1S/C7H16O/c1-3-4-7(2)5-6-8/h7-8H,3-6H2,1-2H3/t7-/m1/s1. The van der Waals surface area contributed by atoms with Crippen molar-refractivity contribution in [3.8, 4) is 0 Å². The van der Waals surface area contributed by atoms with Crippen molar-refractivity contribution in [2.75, 3.05) is 6.61 Å². The SMILES string of the molecule is CCC[C@@H](C)CCO. The van der Waals surface area contributed by atoms with Crippen LogP contribution >= 0.6 is 0 Å². The summed E-state index contributed by atoms with van der Waals surface area (Å²) >= 11 is 0. The second kappa shape index (κ2) is 5.10. The molecule has 0 heterocycles. The van der Waals surface area contributed by atoms with Gasteiger partial charge >= 0.3 is 0 Å². The molecule has 0 radical (unpaired) electrons. The first-order valence-electron chi connectivity index (χ1n) is 3.42. The Labute approximate surface area is 51.7 Å². The smallest absolute Gasteiger partial charge is 0.0433 e. The molecule has 1 nitrogen and oxygen atoms in total. The van der Waals surface area contributed by atoms with Crippen molar-refractivity contribution in [1.29, 1.82) is 0 Å². The average Bonchev–Trinajstić information content (AvgIpc) is 1.68. The maximum atomic E-state index is 8.46. The Hall–Kier alpha value is -0.0400. The van der Waals surface area contributed by atoms with Crippen LogP contribution < -0.4 is 0 Å². The summed E-state index contributed by atoms with van der Waals surface area (Å²) in [5, 5.41) is 8.46. The van der Waals surface area contributed by atoms with Crippen LogP contribution in [-0.4, -0.2) is 11.7 Å². The van der Waals surface area contributed by atoms with E-state index < -0.39 is 0 Å². The Balaban J connectivity index is 2.92.